The Kier molecular flexibility index (Phi) is 6.50. The van der Waals surface area contributed by atoms with Crippen LogP contribution in [0.1, 0.15) is 29.5 Å². The third kappa shape index (κ3) is 5.30. The molecule has 122 valence electrons. The Hall–Kier alpha value is -1.98. The van der Waals surface area contributed by atoms with Crippen molar-refractivity contribution < 1.29 is 13.9 Å². The van der Waals surface area contributed by atoms with Gasteiger partial charge in [-0.25, -0.2) is 4.99 Å². The average Bonchev–Trinajstić information content (AvgIpc) is 3.06. The average molecular weight is 355 g/mol. The number of halogens is 2. The third-order valence-electron chi connectivity index (χ3n) is 2.80. The molecule has 0 bridgehead atoms. The molecule has 2 aromatic rings. The van der Waals surface area contributed by atoms with Crippen LogP contribution < -0.4 is 5.32 Å². The van der Waals surface area contributed by atoms with Crippen LogP contribution in [0.25, 0.3) is 0 Å². The maximum absolute atomic E-state index is 12.2. The van der Waals surface area contributed by atoms with Crippen LogP contribution in [0, 0.1) is 0 Å². The first-order chi connectivity index (χ1) is 11.1. The second-order valence-corrected chi connectivity index (χ2v) is 5.45. The van der Waals surface area contributed by atoms with E-state index < -0.39 is 0 Å². The summed E-state index contributed by atoms with van der Waals surface area (Å²) in [5.41, 5.74) is 0.366. The fourth-order valence-corrected chi connectivity index (χ4v) is 1.98. The quantitative estimate of drug-likeness (QED) is 0.643. The zero-order valence-corrected chi connectivity index (χ0v) is 14.0. The number of hydrogen-bond acceptors (Lipinski definition) is 4. The Morgan fingerprint density at radius 3 is 2.78 bits per heavy atom. The molecule has 5 nitrogen and oxygen atoms in total. The van der Waals surface area contributed by atoms with E-state index >= 15 is 0 Å². The highest BCUT2D eigenvalue weighted by Crippen LogP contribution is 2.22. The summed E-state index contributed by atoms with van der Waals surface area (Å²) in [6.45, 7) is 2.68. The summed E-state index contributed by atoms with van der Waals surface area (Å²) in [5, 5.41) is 3.32. The summed E-state index contributed by atoms with van der Waals surface area (Å²) in [5.74, 6) is 0.296. The maximum Gasteiger partial charge on any atom is 0.292 e. The number of benzene rings is 1. The molecule has 0 atom stereocenters. The van der Waals surface area contributed by atoms with Gasteiger partial charge in [0.25, 0.3) is 11.9 Å². The number of nitrogens with zero attached hydrogens (tertiary/aromatic N) is 1. The number of carbonyl (C=O) groups excluding carboxylic acids is 1. The Labute approximate surface area is 144 Å². The van der Waals surface area contributed by atoms with E-state index in [1.807, 2.05) is 6.92 Å². The van der Waals surface area contributed by atoms with E-state index in [4.69, 9.17) is 32.4 Å². The van der Waals surface area contributed by atoms with E-state index in [9.17, 15) is 4.79 Å². The Morgan fingerprint density at radius 1 is 1.30 bits per heavy atom. The SMILES string of the molecule is CCCOC(=NCc1ccco1)NC(=O)c1ccc(Cl)c(Cl)c1. The largest absolute Gasteiger partial charge is 0.467 e. The van der Waals surface area contributed by atoms with Crippen LogP contribution in [-0.2, 0) is 11.3 Å². The van der Waals surface area contributed by atoms with E-state index in [-0.39, 0.29) is 18.5 Å². The maximum atomic E-state index is 12.2. The summed E-state index contributed by atoms with van der Waals surface area (Å²) >= 11 is 11.8. The second-order valence-electron chi connectivity index (χ2n) is 4.63. The fraction of sp³-hybridized carbons (Fsp3) is 0.250. The fourth-order valence-electron chi connectivity index (χ4n) is 1.68. The first kappa shape index (κ1) is 17.4. The van der Waals surface area contributed by atoms with Gasteiger partial charge in [0.15, 0.2) is 0 Å². The minimum Gasteiger partial charge on any atom is -0.467 e. The van der Waals surface area contributed by atoms with Crippen molar-refractivity contribution >= 4 is 35.1 Å². The van der Waals surface area contributed by atoms with Crippen LogP contribution >= 0.6 is 23.2 Å². The normalized spacial score (nSPS) is 11.3. The summed E-state index contributed by atoms with van der Waals surface area (Å²) in [6.07, 6.45) is 2.36. The number of hydrogen-bond donors (Lipinski definition) is 1. The molecule has 0 radical (unpaired) electrons. The molecule has 1 aromatic carbocycles. The van der Waals surface area contributed by atoms with E-state index in [2.05, 4.69) is 10.3 Å². The van der Waals surface area contributed by atoms with E-state index in [0.29, 0.717) is 28.0 Å². The molecule has 0 fully saturated rings. The summed E-state index contributed by atoms with van der Waals surface area (Å²) in [7, 11) is 0. The van der Waals surface area contributed by atoms with Crippen LogP contribution in [0.2, 0.25) is 10.0 Å². The second kappa shape index (κ2) is 8.60. The Bertz CT molecular complexity index is 685. The molecular weight excluding hydrogens is 339 g/mol. The Morgan fingerprint density at radius 2 is 2.13 bits per heavy atom. The van der Waals surface area contributed by atoms with Gasteiger partial charge in [-0.05, 0) is 36.8 Å². The molecule has 1 heterocycles. The van der Waals surface area contributed by atoms with Crippen LogP contribution in [0.15, 0.2) is 46.0 Å². The highest BCUT2D eigenvalue weighted by molar-refractivity contribution is 6.42. The van der Waals surface area contributed by atoms with Gasteiger partial charge in [-0.1, -0.05) is 30.1 Å². The molecule has 7 heteroatoms. The molecule has 0 unspecified atom stereocenters. The zero-order chi connectivity index (χ0) is 16.7. The molecule has 0 spiro atoms. The van der Waals surface area contributed by atoms with Gasteiger partial charge >= 0.3 is 0 Å². The van der Waals surface area contributed by atoms with Crippen LogP contribution in [0.4, 0.5) is 0 Å². The lowest BCUT2D eigenvalue weighted by Gasteiger charge is -2.10. The minimum absolute atomic E-state index is 0.138. The smallest absolute Gasteiger partial charge is 0.292 e. The number of amides is 1. The van der Waals surface area contributed by atoms with E-state index in [0.717, 1.165) is 6.42 Å². The zero-order valence-electron chi connectivity index (χ0n) is 12.5. The van der Waals surface area contributed by atoms with Crippen molar-refractivity contribution in [3.05, 3.63) is 58.0 Å². The number of ether oxygens (including phenoxy) is 1. The Balaban J connectivity index is 2.07. The van der Waals surface area contributed by atoms with Gasteiger partial charge < -0.3 is 9.15 Å². The molecule has 0 aliphatic heterocycles. The molecule has 2 rings (SSSR count). The summed E-state index contributed by atoms with van der Waals surface area (Å²) < 4.78 is 10.7. The van der Waals surface area contributed by atoms with Gasteiger partial charge in [-0.3, -0.25) is 10.1 Å². The van der Waals surface area contributed by atoms with Crippen molar-refractivity contribution in [1.82, 2.24) is 5.32 Å². The number of furan rings is 1. The van der Waals surface area contributed by atoms with Crippen LogP contribution in [0.3, 0.4) is 0 Å². The van der Waals surface area contributed by atoms with Gasteiger partial charge in [0.05, 0.1) is 22.9 Å². The lowest BCUT2D eigenvalue weighted by atomic mass is 10.2. The van der Waals surface area contributed by atoms with Crippen molar-refractivity contribution in [2.24, 2.45) is 4.99 Å². The molecule has 1 aromatic heterocycles. The topological polar surface area (TPSA) is 63.8 Å². The molecule has 0 aliphatic carbocycles. The lowest BCUT2D eigenvalue weighted by molar-refractivity contribution is 0.0965. The van der Waals surface area contributed by atoms with Crippen molar-refractivity contribution in [2.75, 3.05) is 6.61 Å². The number of carbonyl (C=O) groups is 1. The van der Waals surface area contributed by atoms with Crippen molar-refractivity contribution in [3.63, 3.8) is 0 Å². The predicted octanol–water partition coefficient (Wildman–Crippen LogP) is 4.30. The predicted molar refractivity (Wildman–Crippen MR) is 90.0 cm³/mol. The standard InChI is InChI=1S/C16H16Cl2N2O3/c1-2-7-23-16(19-10-12-4-3-8-22-12)20-15(21)11-5-6-13(17)14(18)9-11/h3-6,8-9H,2,7,10H2,1H3,(H,19,20,21). The molecule has 1 amide bonds. The third-order valence-corrected chi connectivity index (χ3v) is 3.54. The molecular formula is C16H16Cl2N2O3. The van der Waals surface area contributed by atoms with E-state index in [1.54, 1.807) is 30.5 Å². The van der Waals surface area contributed by atoms with Gasteiger partial charge in [0, 0.05) is 5.56 Å². The van der Waals surface area contributed by atoms with E-state index in [1.165, 1.54) is 6.07 Å². The number of rotatable bonds is 5. The number of nitrogens with one attached hydrogen (secondary N) is 1. The minimum atomic E-state index is -0.377. The number of amidine groups is 1. The van der Waals surface area contributed by atoms with Gasteiger partial charge in [-0.2, -0.15) is 0 Å². The lowest BCUT2D eigenvalue weighted by Crippen LogP contribution is -2.33. The molecule has 1 N–H and O–H groups in total. The molecule has 0 saturated carbocycles. The highest BCUT2D eigenvalue weighted by atomic mass is 35.5. The summed E-state index contributed by atoms with van der Waals surface area (Å²) in [4.78, 5) is 16.5. The summed E-state index contributed by atoms with van der Waals surface area (Å²) in [6, 6.07) is 8.33. The van der Waals surface area contributed by atoms with Gasteiger partial charge in [0.2, 0.25) is 0 Å². The van der Waals surface area contributed by atoms with Crippen molar-refractivity contribution in [3.8, 4) is 0 Å². The van der Waals surface area contributed by atoms with Crippen molar-refractivity contribution in [2.45, 2.75) is 19.9 Å². The highest BCUT2D eigenvalue weighted by Gasteiger charge is 2.12. The molecule has 23 heavy (non-hydrogen) atoms. The first-order valence-electron chi connectivity index (χ1n) is 7.06. The van der Waals surface area contributed by atoms with Crippen LogP contribution in [0.5, 0.6) is 0 Å². The molecule has 0 aliphatic rings. The van der Waals surface area contributed by atoms with Crippen LogP contribution in [-0.4, -0.2) is 18.5 Å². The van der Waals surface area contributed by atoms with Gasteiger partial charge in [-0.15, -0.1) is 0 Å². The number of aliphatic imine (C=N–C) groups is 1. The van der Waals surface area contributed by atoms with Crippen molar-refractivity contribution in [1.29, 1.82) is 0 Å². The van der Waals surface area contributed by atoms with Gasteiger partial charge in [0.1, 0.15) is 12.3 Å². The monoisotopic (exact) mass is 354 g/mol. The first-order valence-corrected chi connectivity index (χ1v) is 7.81. The molecule has 0 saturated heterocycles.